The van der Waals surface area contributed by atoms with Crippen LogP contribution in [0.4, 0.5) is 17.1 Å². The molecule has 0 radical (unpaired) electrons. The highest BCUT2D eigenvalue weighted by Crippen LogP contribution is 2.38. The maximum Gasteiger partial charge on any atom is 0.346 e. The zero-order chi connectivity index (χ0) is 30.6. The second-order valence-electron chi connectivity index (χ2n) is 10.1. The van der Waals surface area contributed by atoms with Crippen molar-refractivity contribution in [3.05, 3.63) is 118 Å². The minimum absolute atomic E-state index is 0.263. The van der Waals surface area contributed by atoms with Crippen molar-refractivity contribution >= 4 is 72.0 Å². The molecule has 8 heteroatoms. The van der Waals surface area contributed by atoms with E-state index in [0.717, 1.165) is 61.8 Å². The smallest absolute Gasteiger partial charge is 0.346 e. The summed E-state index contributed by atoms with van der Waals surface area (Å²) in [7, 11) is 3.34. The summed E-state index contributed by atoms with van der Waals surface area (Å²) in [5, 5.41) is 20.6. The number of carboxylic acids is 1. The van der Waals surface area contributed by atoms with Gasteiger partial charge < -0.3 is 19.5 Å². The maximum absolute atomic E-state index is 11.3. The summed E-state index contributed by atoms with van der Waals surface area (Å²) in [6.45, 7) is 0. The molecule has 1 N–H and O–H groups in total. The quantitative estimate of drug-likeness (QED) is 0.122. The molecule has 218 valence electrons. The molecule has 0 unspecified atom stereocenters. The molecule has 0 saturated carbocycles. The molecular formula is C36H28N2O4S2. The second kappa shape index (κ2) is 12.6. The SMILES string of the molecule is COc1ccc(N(c2ccc(CCc3cc4c(ccc5sc(C=C(C#N)C(=O)O)cc54)s3)cc2)c2ccc(OC)cc2)cc1. The first-order valence-electron chi connectivity index (χ1n) is 13.9. The Morgan fingerprint density at radius 1 is 0.773 bits per heavy atom. The lowest BCUT2D eigenvalue weighted by Gasteiger charge is -2.26. The molecule has 6 rings (SSSR count). The Morgan fingerprint density at radius 2 is 1.30 bits per heavy atom. The summed E-state index contributed by atoms with van der Waals surface area (Å²) in [5.41, 5.74) is 4.10. The molecule has 0 saturated heterocycles. The normalized spacial score (nSPS) is 11.4. The van der Waals surface area contributed by atoms with E-state index >= 15 is 0 Å². The third-order valence-corrected chi connectivity index (χ3v) is 9.63. The van der Waals surface area contributed by atoms with E-state index in [-0.39, 0.29) is 5.57 Å². The third-order valence-electron chi connectivity index (χ3n) is 7.42. The molecule has 0 aliphatic rings. The van der Waals surface area contributed by atoms with E-state index < -0.39 is 5.97 Å². The monoisotopic (exact) mass is 616 g/mol. The van der Waals surface area contributed by atoms with Crippen LogP contribution < -0.4 is 14.4 Å². The van der Waals surface area contributed by atoms with Crippen LogP contribution in [0.3, 0.4) is 0 Å². The van der Waals surface area contributed by atoms with Gasteiger partial charge in [-0.15, -0.1) is 22.7 Å². The Bertz CT molecular complexity index is 1970. The van der Waals surface area contributed by atoms with E-state index in [0.29, 0.717) is 0 Å². The van der Waals surface area contributed by atoms with Crippen LogP contribution in [-0.4, -0.2) is 25.3 Å². The van der Waals surface area contributed by atoms with Gasteiger partial charge in [-0.1, -0.05) is 12.1 Å². The van der Waals surface area contributed by atoms with Gasteiger partial charge in [0.15, 0.2) is 0 Å². The van der Waals surface area contributed by atoms with Crippen LogP contribution in [0.1, 0.15) is 15.3 Å². The lowest BCUT2D eigenvalue weighted by molar-refractivity contribution is -0.132. The largest absolute Gasteiger partial charge is 0.497 e. The van der Waals surface area contributed by atoms with Crippen molar-refractivity contribution in [3.8, 4) is 17.6 Å². The average molecular weight is 617 g/mol. The Labute approximate surface area is 263 Å². The Hall–Kier alpha value is -5.10. The molecule has 0 bridgehead atoms. The number of nitriles is 1. The van der Waals surface area contributed by atoms with Crippen LogP contribution in [-0.2, 0) is 17.6 Å². The molecule has 6 aromatic rings. The lowest BCUT2D eigenvalue weighted by Crippen LogP contribution is -2.10. The molecule has 0 fully saturated rings. The van der Waals surface area contributed by atoms with Crippen molar-refractivity contribution in [1.29, 1.82) is 5.26 Å². The van der Waals surface area contributed by atoms with Crippen molar-refractivity contribution in [2.75, 3.05) is 19.1 Å². The average Bonchev–Trinajstić information content (AvgIpc) is 3.67. The number of carboxylic acid groups (broad SMARTS) is 1. The first kappa shape index (κ1) is 29.0. The van der Waals surface area contributed by atoms with Crippen LogP contribution in [0, 0.1) is 11.3 Å². The summed E-state index contributed by atoms with van der Waals surface area (Å²) in [6, 6.07) is 34.9. The lowest BCUT2D eigenvalue weighted by atomic mass is 10.1. The van der Waals surface area contributed by atoms with Crippen LogP contribution in [0.25, 0.3) is 26.2 Å². The Morgan fingerprint density at radius 3 is 1.82 bits per heavy atom. The van der Waals surface area contributed by atoms with Gasteiger partial charge in [-0.05, 0) is 109 Å². The molecule has 6 nitrogen and oxygen atoms in total. The number of fused-ring (bicyclic) bond motifs is 3. The fourth-order valence-electron chi connectivity index (χ4n) is 5.17. The topological polar surface area (TPSA) is 82.8 Å². The van der Waals surface area contributed by atoms with Gasteiger partial charge >= 0.3 is 5.97 Å². The summed E-state index contributed by atoms with van der Waals surface area (Å²) in [5.74, 6) is 0.404. The van der Waals surface area contributed by atoms with E-state index in [1.165, 1.54) is 32.6 Å². The molecule has 44 heavy (non-hydrogen) atoms. The first-order valence-corrected chi connectivity index (χ1v) is 15.6. The molecule has 2 heterocycles. The van der Waals surface area contributed by atoms with Gasteiger partial charge in [0, 0.05) is 47.0 Å². The first-order chi connectivity index (χ1) is 21.4. The predicted molar refractivity (Wildman–Crippen MR) is 180 cm³/mol. The van der Waals surface area contributed by atoms with E-state index in [1.807, 2.05) is 30.3 Å². The predicted octanol–water partition coefficient (Wildman–Crippen LogP) is 9.38. The minimum Gasteiger partial charge on any atom is -0.497 e. The minimum atomic E-state index is -1.21. The van der Waals surface area contributed by atoms with Crippen LogP contribution in [0.2, 0.25) is 0 Å². The highest BCUT2D eigenvalue weighted by Gasteiger charge is 2.14. The number of aryl methyl sites for hydroxylation is 2. The zero-order valence-corrected chi connectivity index (χ0v) is 25.7. The van der Waals surface area contributed by atoms with E-state index in [1.54, 1.807) is 31.6 Å². The number of carbonyl (C=O) groups is 1. The summed E-state index contributed by atoms with van der Waals surface area (Å²) in [4.78, 5) is 15.5. The third kappa shape index (κ3) is 6.02. The molecule has 4 aromatic carbocycles. The molecule has 0 aliphatic heterocycles. The van der Waals surface area contributed by atoms with Crippen molar-refractivity contribution in [1.82, 2.24) is 0 Å². The van der Waals surface area contributed by atoms with Crippen molar-refractivity contribution in [3.63, 3.8) is 0 Å². The second-order valence-corrected chi connectivity index (χ2v) is 12.4. The number of thiophene rings is 2. The van der Waals surface area contributed by atoms with E-state index in [4.69, 9.17) is 14.7 Å². The summed E-state index contributed by atoms with van der Waals surface area (Å²) >= 11 is 3.28. The highest BCUT2D eigenvalue weighted by atomic mass is 32.1. The van der Waals surface area contributed by atoms with Gasteiger partial charge in [0.05, 0.1) is 14.2 Å². The molecule has 2 aromatic heterocycles. The Balaban J connectivity index is 1.22. The summed E-state index contributed by atoms with van der Waals surface area (Å²) in [6.07, 6.45) is 3.26. The number of methoxy groups -OCH3 is 2. The fraction of sp³-hybridized carbons (Fsp3) is 0.111. The van der Waals surface area contributed by atoms with E-state index in [2.05, 4.69) is 71.6 Å². The summed E-state index contributed by atoms with van der Waals surface area (Å²) < 4.78 is 13.0. The highest BCUT2D eigenvalue weighted by molar-refractivity contribution is 7.21. The van der Waals surface area contributed by atoms with E-state index in [9.17, 15) is 9.90 Å². The number of rotatable bonds is 10. The van der Waals surface area contributed by atoms with Crippen LogP contribution in [0.15, 0.2) is 103 Å². The molecule has 0 atom stereocenters. The number of hydrogen-bond acceptors (Lipinski definition) is 7. The van der Waals surface area contributed by atoms with Gasteiger partial charge in [0.1, 0.15) is 23.1 Å². The molecule has 0 spiro atoms. The van der Waals surface area contributed by atoms with Crippen molar-refractivity contribution in [2.45, 2.75) is 12.8 Å². The van der Waals surface area contributed by atoms with Crippen LogP contribution in [0.5, 0.6) is 11.5 Å². The number of aliphatic carboxylic acids is 1. The van der Waals surface area contributed by atoms with Gasteiger partial charge in [0.2, 0.25) is 0 Å². The molecule has 0 aliphatic carbocycles. The van der Waals surface area contributed by atoms with Crippen molar-refractivity contribution in [2.24, 2.45) is 0 Å². The number of ether oxygens (including phenoxy) is 2. The fourth-order valence-corrected chi connectivity index (χ4v) is 7.27. The van der Waals surface area contributed by atoms with Gasteiger partial charge in [-0.3, -0.25) is 0 Å². The number of nitrogens with zero attached hydrogens (tertiary/aromatic N) is 2. The standard InChI is InChI=1S/C36H28N2O4S2/c1-41-28-12-8-26(9-13-28)38(27-10-14-29(42-2)15-11-27)25-6-3-23(4-7-25)5-16-30-20-32-33-21-31(19-24(22-37)36(39)40)44-35(33)18-17-34(32)43-30/h3-4,6-15,17-21H,5,16H2,1-2H3,(H,39,40). The molecular weight excluding hydrogens is 589 g/mol. The van der Waals surface area contributed by atoms with Crippen molar-refractivity contribution < 1.29 is 19.4 Å². The number of benzene rings is 4. The van der Waals surface area contributed by atoms with Gasteiger partial charge in [-0.2, -0.15) is 5.26 Å². The number of hydrogen-bond donors (Lipinski definition) is 1. The number of anilines is 3. The van der Waals surface area contributed by atoms with Crippen LogP contribution >= 0.6 is 22.7 Å². The maximum atomic E-state index is 11.3. The molecule has 0 amide bonds. The van der Waals surface area contributed by atoms with Gasteiger partial charge in [0.25, 0.3) is 0 Å². The van der Waals surface area contributed by atoms with Gasteiger partial charge in [-0.25, -0.2) is 4.79 Å². The Kier molecular flexibility index (Phi) is 8.33. The zero-order valence-electron chi connectivity index (χ0n) is 24.1.